The number of hydrogen-bond acceptors (Lipinski definition) is 3. The number of fused-ring (bicyclic) bond motifs is 1. The van der Waals surface area contributed by atoms with Gasteiger partial charge in [0.05, 0.1) is 18.8 Å². The number of nitrogens with one attached hydrogen (secondary N) is 1. The van der Waals surface area contributed by atoms with Crippen LogP contribution in [0.2, 0.25) is 0 Å². The summed E-state index contributed by atoms with van der Waals surface area (Å²) in [4.78, 5) is 12.9. The van der Waals surface area contributed by atoms with Crippen LogP contribution in [0.4, 0.5) is 10.6 Å². The van der Waals surface area contributed by atoms with E-state index in [-0.39, 0.29) is 12.6 Å². The summed E-state index contributed by atoms with van der Waals surface area (Å²) in [5.74, 6) is 0.712. The molecule has 0 fully saturated rings. The summed E-state index contributed by atoms with van der Waals surface area (Å²) in [6, 6.07) is 1.70. The highest BCUT2D eigenvalue weighted by Crippen LogP contribution is 2.21. The van der Waals surface area contributed by atoms with E-state index in [0.717, 1.165) is 5.56 Å². The Morgan fingerprint density at radius 1 is 1.79 bits per heavy atom. The first-order valence-electron chi connectivity index (χ1n) is 4.16. The van der Waals surface area contributed by atoms with Crippen molar-refractivity contribution >= 4 is 11.8 Å². The summed E-state index contributed by atoms with van der Waals surface area (Å²) in [7, 11) is 1.76. The van der Waals surface area contributed by atoms with Crippen LogP contribution < -0.4 is 5.32 Å². The van der Waals surface area contributed by atoms with Crippen molar-refractivity contribution in [2.24, 2.45) is 7.05 Å². The topological polar surface area (TPSA) is 74.0 Å². The maximum atomic E-state index is 11.4. The van der Waals surface area contributed by atoms with Gasteiger partial charge in [-0.15, -0.1) is 0 Å². The maximum absolute atomic E-state index is 11.4. The Hall–Kier alpha value is -2.03. The molecule has 0 aromatic carbocycles. The molecule has 1 aromatic rings. The lowest BCUT2D eigenvalue weighted by molar-refractivity contribution is 0.213. The molecule has 0 spiro atoms. The fourth-order valence-corrected chi connectivity index (χ4v) is 1.43. The van der Waals surface area contributed by atoms with Gasteiger partial charge in [-0.05, 0) is 0 Å². The molecule has 0 unspecified atom stereocenters. The summed E-state index contributed by atoms with van der Waals surface area (Å²) < 4.78 is 1.61. The van der Waals surface area contributed by atoms with Crippen LogP contribution in [0.25, 0.3) is 0 Å². The van der Waals surface area contributed by atoms with Crippen LogP contribution in [0, 0.1) is 11.3 Å². The van der Waals surface area contributed by atoms with Gasteiger partial charge in [-0.3, -0.25) is 10.00 Å². The Labute approximate surface area is 80.7 Å². The fourth-order valence-electron chi connectivity index (χ4n) is 1.43. The third-order valence-electron chi connectivity index (χ3n) is 2.15. The molecule has 6 heteroatoms. The van der Waals surface area contributed by atoms with Crippen LogP contribution in [0.1, 0.15) is 5.56 Å². The van der Waals surface area contributed by atoms with Gasteiger partial charge in [0.15, 0.2) is 0 Å². The molecule has 0 radical (unpaired) electrons. The van der Waals surface area contributed by atoms with Gasteiger partial charge < -0.3 is 4.90 Å². The molecule has 14 heavy (non-hydrogen) atoms. The minimum atomic E-state index is -0.248. The molecule has 0 saturated heterocycles. The number of rotatable bonds is 1. The SMILES string of the molecule is Cn1ncc2c1NC(=O)N(CC#N)C2. The Morgan fingerprint density at radius 2 is 2.57 bits per heavy atom. The fraction of sp³-hybridized carbons (Fsp3) is 0.375. The van der Waals surface area contributed by atoms with Crippen molar-refractivity contribution in [3.8, 4) is 6.07 Å². The van der Waals surface area contributed by atoms with E-state index >= 15 is 0 Å². The van der Waals surface area contributed by atoms with Crippen molar-refractivity contribution in [1.29, 1.82) is 5.26 Å². The highest BCUT2D eigenvalue weighted by atomic mass is 16.2. The Morgan fingerprint density at radius 3 is 3.29 bits per heavy atom. The van der Waals surface area contributed by atoms with Crippen LogP contribution >= 0.6 is 0 Å². The van der Waals surface area contributed by atoms with Crippen LogP contribution in [-0.4, -0.2) is 27.3 Å². The summed E-state index contributed by atoms with van der Waals surface area (Å²) in [6.45, 7) is 0.544. The third-order valence-corrected chi connectivity index (χ3v) is 2.15. The van der Waals surface area contributed by atoms with Gasteiger partial charge in [-0.1, -0.05) is 0 Å². The van der Waals surface area contributed by atoms with Crippen molar-refractivity contribution in [3.63, 3.8) is 0 Å². The second kappa shape index (κ2) is 3.03. The quantitative estimate of drug-likeness (QED) is 0.648. The summed E-state index contributed by atoms with van der Waals surface area (Å²) in [5, 5.41) is 15.2. The van der Waals surface area contributed by atoms with E-state index < -0.39 is 0 Å². The predicted molar refractivity (Wildman–Crippen MR) is 48.2 cm³/mol. The standard InChI is InChI=1S/C8H9N5O/c1-12-7-6(4-10-12)5-13(3-2-9)8(14)11-7/h4H,3,5H2,1H3,(H,11,14). The van der Waals surface area contributed by atoms with Crippen molar-refractivity contribution in [2.45, 2.75) is 6.54 Å². The van der Waals surface area contributed by atoms with E-state index in [9.17, 15) is 4.79 Å². The number of amides is 2. The van der Waals surface area contributed by atoms with E-state index in [2.05, 4.69) is 10.4 Å². The molecule has 0 atom stereocenters. The molecule has 0 bridgehead atoms. The van der Waals surface area contributed by atoms with Crippen LogP contribution in [0.5, 0.6) is 0 Å². The minimum Gasteiger partial charge on any atom is -0.307 e. The molecule has 0 saturated carbocycles. The zero-order valence-corrected chi connectivity index (χ0v) is 7.69. The van der Waals surface area contributed by atoms with Gasteiger partial charge in [0, 0.05) is 12.6 Å². The van der Waals surface area contributed by atoms with Gasteiger partial charge in [0.25, 0.3) is 0 Å². The van der Waals surface area contributed by atoms with Gasteiger partial charge in [0.2, 0.25) is 0 Å². The predicted octanol–water partition coefficient (Wildman–Crippen LogP) is 0.291. The number of aryl methyl sites for hydroxylation is 1. The Kier molecular flexibility index (Phi) is 1.85. The first-order chi connectivity index (χ1) is 6.72. The average molecular weight is 191 g/mol. The van der Waals surface area contributed by atoms with E-state index in [1.54, 1.807) is 17.9 Å². The van der Waals surface area contributed by atoms with Gasteiger partial charge in [0.1, 0.15) is 12.4 Å². The van der Waals surface area contributed by atoms with Crippen LogP contribution in [0.15, 0.2) is 6.20 Å². The monoisotopic (exact) mass is 191 g/mol. The van der Waals surface area contributed by atoms with Crippen molar-refractivity contribution in [2.75, 3.05) is 11.9 Å². The first-order valence-corrected chi connectivity index (χ1v) is 4.16. The first kappa shape index (κ1) is 8.56. The lowest BCUT2D eigenvalue weighted by Gasteiger charge is -2.25. The smallest absolute Gasteiger partial charge is 0.307 e. The van der Waals surface area contributed by atoms with E-state index in [0.29, 0.717) is 12.4 Å². The normalized spacial score (nSPS) is 14.6. The largest absolute Gasteiger partial charge is 0.324 e. The number of nitriles is 1. The second-order valence-corrected chi connectivity index (χ2v) is 3.09. The Bertz CT molecular complexity index is 416. The Balaban J connectivity index is 2.29. The highest BCUT2D eigenvalue weighted by Gasteiger charge is 2.24. The maximum Gasteiger partial charge on any atom is 0.324 e. The third kappa shape index (κ3) is 1.19. The molecular formula is C8H9N5O. The van der Waals surface area contributed by atoms with E-state index in [1.807, 2.05) is 6.07 Å². The van der Waals surface area contributed by atoms with Crippen molar-refractivity contribution in [3.05, 3.63) is 11.8 Å². The number of urea groups is 1. The number of hydrogen-bond donors (Lipinski definition) is 1. The summed E-state index contributed by atoms with van der Waals surface area (Å²) in [5.41, 5.74) is 0.933. The van der Waals surface area contributed by atoms with Crippen molar-refractivity contribution in [1.82, 2.24) is 14.7 Å². The number of anilines is 1. The van der Waals surface area contributed by atoms with Gasteiger partial charge >= 0.3 is 6.03 Å². The number of carbonyl (C=O) groups excluding carboxylic acids is 1. The van der Waals surface area contributed by atoms with Crippen molar-refractivity contribution < 1.29 is 4.79 Å². The highest BCUT2D eigenvalue weighted by molar-refractivity contribution is 5.91. The number of nitrogens with zero attached hydrogens (tertiary/aromatic N) is 4. The molecule has 6 nitrogen and oxygen atoms in total. The molecule has 0 aliphatic carbocycles. The zero-order valence-electron chi connectivity index (χ0n) is 7.69. The lowest BCUT2D eigenvalue weighted by Crippen LogP contribution is -2.39. The summed E-state index contributed by atoms with van der Waals surface area (Å²) >= 11 is 0. The summed E-state index contributed by atoms with van der Waals surface area (Å²) in [6.07, 6.45) is 1.69. The molecule has 1 aromatic heterocycles. The lowest BCUT2D eigenvalue weighted by atomic mass is 10.2. The minimum absolute atomic E-state index is 0.0974. The molecule has 72 valence electrons. The molecule has 1 aliphatic heterocycles. The average Bonchev–Trinajstić information content (AvgIpc) is 2.50. The molecule has 2 amide bonds. The molecule has 1 N–H and O–H groups in total. The number of carbonyl (C=O) groups is 1. The van der Waals surface area contributed by atoms with Crippen LogP contribution in [0.3, 0.4) is 0 Å². The molecule has 1 aliphatic rings. The van der Waals surface area contributed by atoms with Gasteiger partial charge in [-0.2, -0.15) is 10.4 Å². The molecule has 2 heterocycles. The zero-order chi connectivity index (χ0) is 10.1. The second-order valence-electron chi connectivity index (χ2n) is 3.09. The molecular weight excluding hydrogens is 182 g/mol. The molecule has 2 rings (SSSR count). The van der Waals surface area contributed by atoms with Gasteiger partial charge in [-0.25, -0.2) is 4.79 Å². The van der Waals surface area contributed by atoms with E-state index in [1.165, 1.54) is 4.90 Å². The number of aromatic nitrogens is 2. The van der Waals surface area contributed by atoms with Crippen LogP contribution in [-0.2, 0) is 13.6 Å². The van der Waals surface area contributed by atoms with E-state index in [4.69, 9.17) is 5.26 Å².